The molecule has 0 aliphatic carbocycles. The van der Waals surface area contributed by atoms with E-state index in [1.807, 2.05) is 0 Å². The Morgan fingerprint density at radius 3 is 1.76 bits per heavy atom. The first kappa shape index (κ1) is 28.0. The normalized spacial score (nSPS) is 11.8. The van der Waals surface area contributed by atoms with Crippen LogP contribution in [0.4, 0.5) is 43.9 Å². The van der Waals surface area contributed by atoms with Crippen molar-refractivity contribution in [3.63, 3.8) is 0 Å². The lowest BCUT2D eigenvalue weighted by Gasteiger charge is -2.20. The average molecular weight is 580 g/mol. The maximum atomic E-state index is 15.0. The predicted octanol–water partition coefficient (Wildman–Crippen LogP) is 9.72. The standard InChI is InChI=1S/C30H14F10O/c1-13-2-4-14(5-3-13)17-6-7-18(25(34)24(17)33)19-8-9-20(27(36)26(19)35)30(39,40)41-16-10-15-11-22(32)28(37)29(38)23(15)21(31)12-16/h2-12H,1H3. The number of hydrogen-bond donors (Lipinski definition) is 0. The fourth-order valence-corrected chi connectivity index (χ4v) is 4.32. The van der Waals surface area contributed by atoms with Gasteiger partial charge < -0.3 is 4.74 Å². The van der Waals surface area contributed by atoms with Gasteiger partial charge in [-0.2, -0.15) is 8.78 Å². The Morgan fingerprint density at radius 2 is 1.10 bits per heavy atom. The highest BCUT2D eigenvalue weighted by Gasteiger charge is 2.40. The van der Waals surface area contributed by atoms with Gasteiger partial charge in [-0.15, -0.1) is 0 Å². The largest absolute Gasteiger partial charge is 0.429 e. The first-order valence-electron chi connectivity index (χ1n) is 11.7. The Hall–Kier alpha value is -4.54. The fraction of sp³-hybridized carbons (Fsp3) is 0.0667. The molecule has 0 aliphatic rings. The van der Waals surface area contributed by atoms with Crippen LogP contribution in [0.1, 0.15) is 11.1 Å². The van der Waals surface area contributed by atoms with Gasteiger partial charge in [0.05, 0.1) is 5.39 Å². The summed E-state index contributed by atoms with van der Waals surface area (Å²) < 4.78 is 149. The van der Waals surface area contributed by atoms with Gasteiger partial charge in [0.2, 0.25) is 0 Å². The summed E-state index contributed by atoms with van der Waals surface area (Å²) in [5, 5.41) is -1.75. The molecule has 0 saturated carbocycles. The minimum absolute atomic E-state index is 0.172. The Labute approximate surface area is 225 Å². The van der Waals surface area contributed by atoms with Gasteiger partial charge in [0.15, 0.2) is 40.7 Å². The van der Waals surface area contributed by atoms with Crippen molar-refractivity contribution in [2.75, 3.05) is 0 Å². The first-order chi connectivity index (χ1) is 19.3. The van der Waals surface area contributed by atoms with Crippen molar-refractivity contribution in [2.45, 2.75) is 13.0 Å². The molecule has 11 heteroatoms. The number of aryl methyl sites for hydroxylation is 1. The van der Waals surface area contributed by atoms with E-state index >= 15 is 0 Å². The van der Waals surface area contributed by atoms with Gasteiger partial charge in [0.25, 0.3) is 0 Å². The summed E-state index contributed by atoms with van der Waals surface area (Å²) in [6.07, 6.45) is -4.69. The Morgan fingerprint density at radius 1 is 0.537 bits per heavy atom. The molecular formula is C30H14F10O. The summed E-state index contributed by atoms with van der Waals surface area (Å²) in [6.45, 7) is 1.78. The Bertz CT molecular complexity index is 1830. The number of benzene rings is 5. The van der Waals surface area contributed by atoms with Gasteiger partial charge in [0.1, 0.15) is 17.1 Å². The summed E-state index contributed by atoms with van der Waals surface area (Å²) in [6, 6.07) is 10.4. The van der Waals surface area contributed by atoms with Gasteiger partial charge in [-0.3, -0.25) is 0 Å². The van der Waals surface area contributed by atoms with Crippen molar-refractivity contribution < 1.29 is 48.6 Å². The van der Waals surface area contributed by atoms with Crippen LogP contribution in [-0.2, 0) is 6.11 Å². The van der Waals surface area contributed by atoms with Crippen molar-refractivity contribution in [3.05, 3.63) is 124 Å². The monoisotopic (exact) mass is 580 g/mol. The van der Waals surface area contributed by atoms with E-state index in [4.69, 9.17) is 0 Å². The van der Waals surface area contributed by atoms with Crippen molar-refractivity contribution in [1.82, 2.24) is 0 Å². The van der Waals surface area contributed by atoms with Crippen molar-refractivity contribution in [2.24, 2.45) is 0 Å². The average Bonchev–Trinajstić information content (AvgIpc) is 2.90. The van der Waals surface area contributed by atoms with Crippen LogP contribution in [0.5, 0.6) is 5.75 Å². The van der Waals surface area contributed by atoms with E-state index in [0.29, 0.717) is 29.8 Å². The van der Waals surface area contributed by atoms with E-state index in [0.717, 1.165) is 17.7 Å². The number of hydrogen-bond acceptors (Lipinski definition) is 1. The van der Waals surface area contributed by atoms with Crippen molar-refractivity contribution in [3.8, 4) is 28.0 Å². The molecule has 0 radical (unpaired) electrons. The Kier molecular flexibility index (Phi) is 6.92. The minimum Gasteiger partial charge on any atom is -0.429 e. The SMILES string of the molecule is Cc1ccc(-c2ccc(-c3ccc(C(F)(F)Oc4cc(F)c5c(F)c(F)c(F)cc5c4)c(F)c3F)c(F)c2F)cc1. The molecular weight excluding hydrogens is 566 g/mol. The Balaban J connectivity index is 1.51. The van der Waals surface area contributed by atoms with Crippen LogP contribution >= 0.6 is 0 Å². The number of rotatable bonds is 5. The van der Waals surface area contributed by atoms with E-state index in [1.54, 1.807) is 19.1 Å². The summed E-state index contributed by atoms with van der Waals surface area (Å²) in [4.78, 5) is 0. The molecule has 0 heterocycles. The van der Waals surface area contributed by atoms with Gasteiger partial charge >= 0.3 is 6.11 Å². The maximum Gasteiger partial charge on any atom is 0.429 e. The van der Waals surface area contributed by atoms with Gasteiger partial charge in [-0.25, -0.2) is 35.1 Å². The van der Waals surface area contributed by atoms with Crippen molar-refractivity contribution in [1.29, 1.82) is 0 Å². The maximum absolute atomic E-state index is 15.0. The third kappa shape index (κ3) is 4.85. The number of halogens is 10. The number of alkyl halides is 2. The zero-order valence-corrected chi connectivity index (χ0v) is 20.5. The molecule has 41 heavy (non-hydrogen) atoms. The van der Waals surface area contributed by atoms with Gasteiger partial charge in [-0.1, -0.05) is 48.0 Å². The second-order valence-corrected chi connectivity index (χ2v) is 9.05. The van der Waals surface area contributed by atoms with E-state index in [2.05, 4.69) is 4.74 Å². The highest BCUT2D eigenvalue weighted by molar-refractivity contribution is 5.85. The molecule has 0 atom stereocenters. The molecule has 0 spiro atoms. The summed E-state index contributed by atoms with van der Waals surface area (Å²) >= 11 is 0. The van der Waals surface area contributed by atoms with Crippen molar-refractivity contribution >= 4 is 10.8 Å². The van der Waals surface area contributed by atoms with Gasteiger partial charge in [0, 0.05) is 22.8 Å². The van der Waals surface area contributed by atoms with E-state index in [1.165, 1.54) is 12.1 Å². The van der Waals surface area contributed by atoms with Crippen LogP contribution in [0, 0.1) is 53.5 Å². The lowest BCUT2D eigenvalue weighted by molar-refractivity contribution is -0.187. The molecule has 0 saturated heterocycles. The smallest absolute Gasteiger partial charge is 0.429 e. The molecule has 0 aliphatic heterocycles. The lowest BCUT2D eigenvalue weighted by Crippen LogP contribution is -2.24. The lowest BCUT2D eigenvalue weighted by atomic mass is 9.97. The molecule has 5 rings (SSSR count). The molecule has 210 valence electrons. The zero-order chi connectivity index (χ0) is 29.8. The van der Waals surface area contributed by atoms with E-state index in [9.17, 15) is 43.9 Å². The number of ether oxygens (including phenoxy) is 1. The second kappa shape index (κ2) is 10.1. The molecule has 5 aromatic rings. The van der Waals surface area contributed by atoms with E-state index in [-0.39, 0.29) is 11.6 Å². The van der Waals surface area contributed by atoms with Crippen LogP contribution in [0.25, 0.3) is 33.0 Å². The number of fused-ring (bicyclic) bond motifs is 1. The zero-order valence-electron chi connectivity index (χ0n) is 20.5. The molecule has 1 nitrogen and oxygen atoms in total. The van der Waals surface area contributed by atoms with Crippen LogP contribution in [-0.4, -0.2) is 0 Å². The van der Waals surface area contributed by atoms with Crippen LogP contribution in [0.2, 0.25) is 0 Å². The first-order valence-corrected chi connectivity index (χ1v) is 11.7. The molecule has 5 aromatic carbocycles. The predicted molar refractivity (Wildman–Crippen MR) is 130 cm³/mol. The third-order valence-electron chi connectivity index (χ3n) is 6.38. The van der Waals surface area contributed by atoms with Crippen LogP contribution < -0.4 is 4.74 Å². The topological polar surface area (TPSA) is 9.23 Å². The van der Waals surface area contributed by atoms with Gasteiger partial charge in [-0.05, 0) is 36.1 Å². The van der Waals surface area contributed by atoms with Crippen LogP contribution in [0.15, 0.2) is 66.7 Å². The van der Waals surface area contributed by atoms with E-state index < -0.39 is 85.9 Å². The fourth-order valence-electron chi connectivity index (χ4n) is 4.32. The molecule has 0 fully saturated rings. The molecule has 0 bridgehead atoms. The second-order valence-electron chi connectivity index (χ2n) is 9.05. The summed E-state index contributed by atoms with van der Waals surface area (Å²) in [5.41, 5.74) is -2.34. The molecule has 0 amide bonds. The summed E-state index contributed by atoms with van der Waals surface area (Å²) in [7, 11) is 0. The summed E-state index contributed by atoms with van der Waals surface area (Å²) in [5.74, 6) is -15.4. The highest BCUT2D eigenvalue weighted by atomic mass is 19.3. The molecule has 0 N–H and O–H groups in total. The molecule has 0 aromatic heterocycles. The minimum atomic E-state index is -4.69. The third-order valence-corrected chi connectivity index (χ3v) is 6.38. The molecule has 0 unspecified atom stereocenters. The van der Waals surface area contributed by atoms with Crippen LogP contribution in [0.3, 0.4) is 0 Å². The highest BCUT2D eigenvalue weighted by Crippen LogP contribution is 2.40. The quantitative estimate of drug-likeness (QED) is 0.149.